The predicted octanol–water partition coefficient (Wildman–Crippen LogP) is 1.71. The Morgan fingerprint density at radius 1 is 0.917 bits per heavy atom. The van der Waals surface area contributed by atoms with Crippen molar-refractivity contribution in [1.82, 2.24) is 15.5 Å². The summed E-state index contributed by atoms with van der Waals surface area (Å²) in [5.74, 6) is 3.18. The summed E-state index contributed by atoms with van der Waals surface area (Å²) in [5.41, 5.74) is 1.32. The van der Waals surface area contributed by atoms with E-state index in [1.807, 2.05) is 0 Å². The molecule has 4 fully saturated rings. The Morgan fingerprint density at radius 3 is 2.25 bits per heavy atom. The molecule has 1 amide bonds. The van der Waals surface area contributed by atoms with Crippen LogP contribution in [0.25, 0.3) is 0 Å². The lowest BCUT2D eigenvalue weighted by Crippen LogP contribution is -2.37. The maximum absolute atomic E-state index is 13.1. The van der Waals surface area contributed by atoms with E-state index < -0.39 is 0 Å². The molecule has 3 saturated heterocycles. The van der Waals surface area contributed by atoms with Crippen molar-refractivity contribution in [3.8, 4) is 0 Å². The Balaban J connectivity index is 0.000000845. The van der Waals surface area contributed by atoms with Gasteiger partial charge < -0.3 is 15.5 Å². The Bertz CT molecular complexity index is 589. The van der Waals surface area contributed by atoms with Gasteiger partial charge >= 0.3 is 0 Å². The average molecular weight is 370 g/mol. The summed E-state index contributed by atoms with van der Waals surface area (Å²) < 4.78 is 0. The van der Waals surface area contributed by atoms with E-state index in [-0.39, 0.29) is 30.9 Å². The fourth-order valence-electron chi connectivity index (χ4n) is 5.20. The molecule has 132 valence electrons. The van der Waals surface area contributed by atoms with Gasteiger partial charge in [-0.3, -0.25) is 4.79 Å². The molecule has 1 aliphatic carbocycles. The van der Waals surface area contributed by atoms with Crippen LogP contribution < -0.4 is 10.6 Å². The van der Waals surface area contributed by atoms with Crippen molar-refractivity contribution in [2.75, 3.05) is 32.7 Å². The van der Waals surface area contributed by atoms with Crippen LogP contribution in [0.15, 0.2) is 30.3 Å². The molecule has 6 atom stereocenters. The monoisotopic (exact) mass is 369 g/mol. The molecular formula is C18H25Cl2N3O. The minimum Gasteiger partial charge on any atom is -0.335 e. The van der Waals surface area contributed by atoms with Gasteiger partial charge in [-0.2, -0.15) is 0 Å². The molecule has 1 unspecified atom stereocenters. The van der Waals surface area contributed by atoms with Gasteiger partial charge in [0, 0.05) is 31.5 Å². The smallest absolute Gasteiger partial charge is 0.226 e. The topological polar surface area (TPSA) is 44.4 Å². The van der Waals surface area contributed by atoms with Gasteiger partial charge in [-0.1, -0.05) is 30.3 Å². The van der Waals surface area contributed by atoms with Crippen molar-refractivity contribution in [2.45, 2.75) is 6.04 Å². The Hall–Kier alpha value is -0.810. The maximum atomic E-state index is 13.1. The normalized spacial score (nSPS) is 38.8. The predicted molar refractivity (Wildman–Crippen MR) is 98.6 cm³/mol. The minimum absolute atomic E-state index is 0. The highest BCUT2D eigenvalue weighted by atomic mass is 35.5. The second kappa shape index (κ2) is 6.83. The van der Waals surface area contributed by atoms with Crippen molar-refractivity contribution in [3.05, 3.63) is 35.9 Å². The Kier molecular flexibility index (Phi) is 5.12. The zero-order chi connectivity index (χ0) is 14.7. The number of piperidine rings is 1. The number of benzene rings is 1. The molecule has 5 rings (SSSR count). The first-order chi connectivity index (χ1) is 10.8. The average Bonchev–Trinajstić information content (AvgIpc) is 2.98. The summed E-state index contributed by atoms with van der Waals surface area (Å²) in [6, 6.07) is 10.9. The molecule has 4 nitrogen and oxygen atoms in total. The molecule has 24 heavy (non-hydrogen) atoms. The number of halogens is 2. The van der Waals surface area contributed by atoms with Crippen molar-refractivity contribution < 1.29 is 4.79 Å². The van der Waals surface area contributed by atoms with Crippen LogP contribution in [0.2, 0.25) is 0 Å². The summed E-state index contributed by atoms with van der Waals surface area (Å²) in [6.45, 7) is 5.14. The number of rotatable bonds is 2. The molecule has 1 saturated carbocycles. The molecule has 0 bridgehead atoms. The minimum atomic E-state index is 0. The van der Waals surface area contributed by atoms with Crippen LogP contribution in [0.4, 0.5) is 0 Å². The molecular weight excluding hydrogens is 345 g/mol. The van der Waals surface area contributed by atoms with Crippen LogP contribution in [-0.4, -0.2) is 43.5 Å². The van der Waals surface area contributed by atoms with Gasteiger partial charge in [0.2, 0.25) is 5.91 Å². The standard InChI is InChI=1S/C18H23N3O.2ClH/c22-18(16-14-8-20-9-15(14)16)21-10-12-6-19-7-13(12)17(21)11-4-2-1-3-5-11;;/h1-5,12-17,19-20H,6-10H2;2*1H/t12-,13-,14-,15+,16?,17+;;/m0../s1. The summed E-state index contributed by atoms with van der Waals surface area (Å²) in [5, 5.41) is 6.92. The fraction of sp³-hybridized carbons (Fsp3) is 0.611. The van der Waals surface area contributed by atoms with Crippen LogP contribution in [0, 0.1) is 29.6 Å². The van der Waals surface area contributed by atoms with E-state index in [1.54, 1.807) is 0 Å². The van der Waals surface area contributed by atoms with Gasteiger partial charge in [0.1, 0.15) is 0 Å². The zero-order valence-corrected chi connectivity index (χ0v) is 15.2. The summed E-state index contributed by atoms with van der Waals surface area (Å²) >= 11 is 0. The first kappa shape index (κ1) is 18.0. The second-order valence-electron chi connectivity index (χ2n) is 7.44. The van der Waals surface area contributed by atoms with Crippen molar-refractivity contribution in [2.24, 2.45) is 29.6 Å². The van der Waals surface area contributed by atoms with E-state index in [1.165, 1.54) is 5.56 Å². The third-order valence-electron chi connectivity index (χ3n) is 6.37. The van der Waals surface area contributed by atoms with E-state index in [0.717, 1.165) is 32.7 Å². The molecule has 1 aromatic carbocycles. The van der Waals surface area contributed by atoms with E-state index in [0.29, 0.717) is 35.5 Å². The molecule has 6 heteroatoms. The van der Waals surface area contributed by atoms with Crippen molar-refractivity contribution in [3.63, 3.8) is 0 Å². The number of amides is 1. The highest BCUT2D eigenvalue weighted by molar-refractivity contribution is 5.85. The number of hydrogen-bond acceptors (Lipinski definition) is 3. The van der Waals surface area contributed by atoms with Gasteiger partial charge in [0.25, 0.3) is 0 Å². The molecule has 0 spiro atoms. The van der Waals surface area contributed by atoms with E-state index in [4.69, 9.17) is 0 Å². The molecule has 3 aliphatic heterocycles. The van der Waals surface area contributed by atoms with Crippen molar-refractivity contribution >= 4 is 30.7 Å². The number of hydrogen-bond donors (Lipinski definition) is 2. The summed E-state index contributed by atoms with van der Waals surface area (Å²) in [4.78, 5) is 15.3. The van der Waals surface area contributed by atoms with Crippen LogP contribution in [0.5, 0.6) is 0 Å². The second-order valence-corrected chi connectivity index (χ2v) is 7.44. The zero-order valence-electron chi connectivity index (χ0n) is 13.6. The van der Waals surface area contributed by atoms with Gasteiger partial charge in [-0.25, -0.2) is 0 Å². The third-order valence-corrected chi connectivity index (χ3v) is 6.37. The number of fused-ring (bicyclic) bond motifs is 2. The quantitative estimate of drug-likeness (QED) is 0.833. The Labute approximate surface area is 155 Å². The van der Waals surface area contributed by atoms with Gasteiger partial charge in [-0.15, -0.1) is 24.8 Å². The molecule has 0 aromatic heterocycles. The number of likely N-dealkylation sites (tertiary alicyclic amines) is 1. The van der Waals surface area contributed by atoms with Crippen molar-refractivity contribution in [1.29, 1.82) is 0 Å². The molecule has 1 aromatic rings. The fourth-order valence-corrected chi connectivity index (χ4v) is 5.20. The number of nitrogens with one attached hydrogen (secondary N) is 2. The van der Waals surface area contributed by atoms with Crippen LogP contribution in [-0.2, 0) is 4.79 Å². The van der Waals surface area contributed by atoms with E-state index in [2.05, 4.69) is 45.9 Å². The molecule has 2 N–H and O–H groups in total. The third kappa shape index (κ3) is 2.64. The van der Waals surface area contributed by atoms with Crippen LogP contribution in [0.3, 0.4) is 0 Å². The Morgan fingerprint density at radius 2 is 1.54 bits per heavy atom. The number of carbonyl (C=O) groups is 1. The first-order valence-electron chi connectivity index (χ1n) is 8.61. The van der Waals surface area contributed by atoms with Crippen LogP contribution in [0.1, 0.15) is 11.6 Å². The number of nitrogens with zero attached hydrogens (tertiary/aromatic N) is 1. The van der Waals surface area contributed by atoms with Gasteiger partial charge in [-0.05, 0) is 36.4 Å². The van der Waals surface area contributed by atoms with E-state index in [9.17, 15) is 4.79 Å². The molecule has 0 radical (unpaired) electrons. The van der Waals surface area contributed by atoms with E-state index >= 15 is 0 Å². The lowest BCUT2D eigenvalue weighted by molar-refractivity contribution is -0.134. The maximum Gasteiger partial charge on any atom is 0.226 e. The lowest BCUT2D eigenvalue weighted by Gasteiger charge is -2.29. The number of carbonyl (C=O) groups excluding carboxylic acids is 1. The SMILES string of the molecule is Cl.Cl.O=C(C1[C@H]2CNC[C@@H]12)N1C[C@@H]2CNC[C@@H]2[C@H]1c1ccccc1. The largest absolute Gasteiger partial charge is 0.335 e. The highest BCUT2D eigenvalue weighted by Crippen LogP contribution is 2.52. The van der Waals surface area contributed by atoms with Crippen LogP contribution >= 0.6 is 24.8 Å². The summed E-state index contributed by atoms with van der Waals surface area (Å²) in [7, 11) is 0. The first-order valence-corrected chi connectivity index (χ1v) is 8.61. The summed E-state index contributed by atoms with van der Waals surface area (Å²) in [6.07, 6.45) is 0. The van der Waals surface area contributed by atoms with Gasteiger partial charge in [0.15, 0.2) is 0 Å². The van der Waals surface area contributed by atoms with Gasteiger partial charge in [0.05, 0.1) is 6.04 Å². The lowest BCUT2D eigenvalue weighted by atomic mass is 9.89. The molecule has 3 heterocycles. The molecule has 4 aliphatic rings. The highest BCUT2D eigenvalue weighted by Gasteiger charge is 2.60.